The number of carbonyl (C=O) groups excluding carboxylic acids is 1. The van der Waals surface area contributed by atoms with Gasteiger partial charge in [-0.25, -0.2) is 9.78 Å². The van der Waals surface area contributed by atoms with Gasteiger partial charge in [0.1, 0.15) is 5.65 Å². The second kappa shape index (κ2) is 6.15. The normalized spacial score (nSPS) is 11.0. The summed E-state index contributed by atoms with van der Waals surface area (Å²) in [6, 6.07) is 11.6. The first-order valence-corrected chi connectivity index (χ1v) is 8.24. The number of pyridine rings is 1. The predicted molar refractivity (Wildman–Crippen MR) is 98.9 cm³/mol. The fraction of sp³-hybridized carbons (Fsp3) is 0.150. The van der Waals surface area contributed by atoms with Gasteiger partial charge < -0.3 is 9.14 Å². The summed E-state index contributed by atoms with van der Waals surface area (Å²) in [6.07, 6.45) is 5.79. The molecule has 0 unspecified atom stereocenters. The Morgan fingerprint density at radius 2 is 1.85 bits per heavy atom. The number of nitrogens with zero attached hydrogens (tertiary/aromatic N) is 4. The number of aryl methyl sites for hydroxylation is 2. The van der Waals surface area contributed by atoms with Gasteiger partial charge >= 0.3 is 5.97 Å². The van der Waals surface area contributed by atoms with Crippen LogP contribution in [-0.4, -0.2) is 32.2 Å². The van der Waals surface area contributed by atoms with Gasteiger partial charge in [0.25, 0.3) is 0 Å². The van der Waals surface area contributed by atoms with Crippen molar-refractivity contribution in [3.05, 3.63) is 66.2 Å². The molecule has 6 heteroatoms. The van der Waals surface area contributed by atoms with Gasteiger partial charge in [0.05, 0.1) is 24.1 Å². The lowest BCUT2D eigenvalue weighted by Gasteiger charge is -2.06. The number of aromatic nitrogens is 4. The van der Waals surface area contributed by atoms with Gasteiger partial charge in [-0.1, -0.05) is 24.3 Å². The quantitative estimate of drug-likeness (QED) is 0.533. The first-order chi connectivity index (χ1) is 12.6. The highest BCUT2D eigenvalue weighted by atomic mass is 16.5. The molecule has 4 aromatic rings. The molecular weight excluding hydrogens is 328 g/mol. The van der Waals surface area contributed by atoms with E-state index < -0.39 is 0 Å². The van der Waals surface area contributed by atoms with Crippen molar-refractivity contribution < 1.29 is 9.53 Å². The van der Waals surface area contributed by atoms with Crippen molar-refractivity contribution in [1.82, 2.24) is 19.2 Å². The van der Waals surface area contributed by atoms with E-state index in [0.717, 1.165) is 28.1 Å². The third-order valence-corrected chi connectivity index (χ3v) is 4.39. The maximum atomic E-state index is 11.7. The molecule has 0 aliphatic heterocycles. The Morgan fingerprint density at radius 1 is 1.08 bits per heavy atom. The first-order valence-electron chi connectivity index (χ1n) is 8.24. The molecule has 0 N–H and O–H groups in total. The van der Waals surface area contributed by atoms with Crippen molar-refractivity contribution in [2.45, 2.75) is 6.92 Å². The van der Waals surface area contributed by atoms with Crippen LogP contribution in [0.25, 0.3) is 28.0 Å². The van der Waals surface area contributed by atoms with Gasteiger partial charge in [-0.3, -0.25) is 4.68 Å². The number of imidazole rings is 1. The predicted octanol–water partition coefficient (Wildman–Crippen LogP) is 3.50. The molecule has 0 amide bonds. The fourth-order valence-electron chi connectivity index (χ4n) is 3.16. The maximum Gasteiger partial charge on any atom is 0.338 e. The molecule has 0 saturated carbocycles. The zero-order chi connectivity index (χ0) is 18.3. The molecule has 1 aromatic carbocycles. The topological polar surface area (TPSA) is 61.4 Å². The average molecular weight is 346 g/mol. The molecule has 0 fully saturated rings. The van der Waals surface area contributed by atoms with Crippen LogP contribution in [0.4, 0.5) is 0 Å². The number of methoxy groups -OCH3 is 1. The summed E-state index contributed by atoms with van der Waals surface area (Å²) in [4.78, 5) is 16.5. The number of fused-ring (bicyclic) bond motifs is 1. The molecule has 0 radical (unpaired) electrons. The van der Waals surface area contributed by atoms with Crippen molar-refractivity contribution >= 4 is 11.6 Å². The number of esters is 1. The summed E-state index contributed by atoms with van der Waals surface area (Å²) < 4.78 is 8.49. The minimum absolute atomic E-state index is 0.372. The minimum atomic E-state index is -0.372. The zero-order valence-corrected chi connectivity index (χ0v) is 14.8. The largest absolute Gasteiger partial charge is 0.465 e. The van der Waals surface area contributed by atoms with E-state index in [-0.39, 0.29) is 5.97 Å². The second-order valence-electron chi connectivity index (χ2n) is 6.15. The van der Waals surface area contributed by atoms with Gasteiger partial charge in [-0.05, 0) is 24.6 Å². The third-order valence-electron chi connectivity index (χ3n) is 4.39. The van der Waals surface area contributed by atoms with Crippen LogP contribution in [-0.2, 0) is 11.8 Å². The van der Waals surface area contributed by atoms with E-state index in [9.17, 15) is 4.79 Å². The van der Waals surface area contributed by atoms with E-state index in [1.54, 1.807) is 12.1 Å². The molecule has 6 nitrogen and oxygen atoms in total. The Bertz CT molecular complexity index is 1120. The first kappa shape index (κ1) is 16.1. The third kappa shape index (κ3) is 2.65. The van der Waals surface area contributed by atoms with E-state index in [2.05, 4.69) is 11.2 Å². The minimum Gasteiger partial charge on any atom is -0.465 e. The number of hydrogen-bond acceptors (Lipinski definition) is 4. The van der Waals surface area contributed by atoms with Crippen molar-refractivity contribution in [3.63, 3.8) is 0 Å². The van der Waals surface area contributed by atoms with Gasteiger partial charge in [0.15, 0.2) is 0 Å². The number of rotatable bonds is 3. The van der Waals surface area contributed by atoms with E-state index >= 15 is 0 Å². The number of ether oxygens (including phenoxy) is 1. The molecule has 4 rings (SSSR count). The molecule has 0 saturated heterocycles. The number of carbonyl (C=O) groups is 1. The highest BCUT2D eigenvalue weighted by Crippen LogP contribution is 2.33. The molecule has 0 atom stereocenters. The highest BCUT2D eigenvalue weighted by molar-refractivity contribution is 5.90. The SMILES string of the molecule is COC(=O)c1ccn2cc(-c3ccccc3-c3cn(C)nc3C)nc2c1. The average Bonchev–Trinajstić information content (AvgIpc) is 3.22. The van der Waals surface area contributed by atoms with Crippen LogP contribution in [0.1, 0.15) is 16.1 Å². The summed E-state index contributed by atoms with van der Waals surface area (Å²) in [5.74, 6) is -0.372. The van der Waals surface area contributed by atoms with Crippen LogP contribution < -0.4 is 0 Å². The zero-order valence-electron chi connectivity index (χ0n) is 14.8. The molecule has 3 heterocycles. The van der Waals surface area contributed by atoms with E-state index in [1.165, 1.54) is 7.11 Å². The van der Waals surface area contributed by atoms with Crippen molar-refractivity contribution in [3.8, 4) is 22.4 Å². The van der Waals surface area contributed by atoms with Crippen molar-refractivity contribution in [1.29, 1.82) is 0 Å². The van der Waals surface area contributed by atoms with E-state index in [1.807, 2.05) is 59.8 Å². The number of benzene rings is 1. The molecule has 130 valence electrons. The standard InChI is InChI=1S/C20H18N4O2/c1-13-17(11-23(2)22-13)15-6-4-5-7-16(15)18-12-24-9-8-14(20(25)26-3)10-19(24)21-18/h4-12H,1-3H3. The Balaban J connectivity index is 1.86. The molecule has 0 spiro atoms. The summed E-state index contributed by atoms with van der Waals surface area (Å²) in [6.45, 7) is 2.00. The van der Waals surface area contributed by atoms with Gasteiger partial charge in [-0.2, -0.15) is 5.10 Å². The highest BCUT2D eigenvalue weighted by Gasteiger charge is 2.15. The number of hydrogen-bond donors (Lipinski definition) is 0. The van der Waals surface area contributed by atoms with E-state index in [0.29, 0.717) is 11.2 Å². The molecular formula is C20H18N4O2. The van der Waals surface area contributed by atoms with Crippen LogP contribution >= 0.6 is 0 Å². The molecule has 0 aliphatic carbocycles. The fourth-order valence-corrected chi connectivity index (χ4v) is 3.16. The van der Waals surface area contributed by atoms with Gasteiger partial charge in [-0.15, -0.1) is 0 Å². The Hall–Kier alpha value is -3.41. The Morgan fingerprint density at radius 3 is 2.54 bits per heavy atom. The Kier molecular flexibility index (Phi) is 3.80. The van der Waals surface area contributed by atoms with Crippen molar-refractivity contribution in [2.75, 3.05) is 7.11 Å². The van der Waals surface area contributed by atoms with Crippen LogP contribution in [0.3, 0.4) is 0 Å². The van der Waals surface area contributed by atoms with Gasteiger partial charge in [0, 0.05) is 36.8 Å². The lowest BCUT2D eigenvalue weighted by atomic mass is 9.99. The molecule has 3 aromatic heterocycles. The molecule has 26 heavy (non-hydrogen) atoms. The summed E-state index contributed by atoms with van der Waals surface area (Å²) in [7, 11) is 3.29. The Labute approximate surface area is 150 Å². The second-order valence-corrected chi connectivity index (χ2v) is 6.15. The van der Waals surface area contributed by atoms with Crippen LogP contribution in [0.15, 0.2) is 55.0 Å². The van der Waals surface area contributed by atoms with Crippen molar-refractivity contribution in [2.24, 2.45) is 7.05 Å². The monoisotopic (exact) mass is 346 g/mol. The van der Waals surface area contributed by atoms with E-state index in [4.69, 9.17) is 9.72 Å². The maximum absolute atomic E-state index is 11.7. The van der Waals surface area contributed by atoms with Crippen LogP contribution in [0.5, 0.6) is 0 Å². The summed E-state index contributed by atoms with van der Waals surface area (Å²) in [5.41, 5.74) is 6.16. The summed E-state index contributed by atoms with van der Waals surface area (Å²) >= 11 is 0. The molecule has 0 aliphatic rings. The van der Waals surface area contributed by atoms with Crippen LogP contribution in [0.2, 0.25) is 0 Å². The van der Waals surface area contributed by atoms with Crippen LogP contribution in [0, 0.1) is 6.92 Å². The van der Waals surface area contributed by atoms with Gasteiger partial charge in [0.2, 0.25) is 0 Å². The lowest BCUT2D eigenvalue weighted by Crippen LogP contribution is -2.01. The lowest BCUT2D eigenvalue weighted by molar-refractivity contribution is 0.0600. The summed E-state index contributed by atoms with van der Waals surface area (Å²) in [5, 5.41) is 4.45. The molecule has 0 bridgehead atoms. The smallest absolute Gasteiger partial charge is 0.338 e.